The average Bonchev–Trinajstić information content (AvgIpc) is 2.63. The van der Waals surface area contributed by atoms with Crippen LogP contribution in [0.5, 0.6) is 0 Å². The second kappa shape index (κ2) is 5.17. The van der Waals surface area contributed by atoms with Gasteiger partial charge >= 0.3 is 0 Å². The number of hydrogen-bond acceptors (Lipinski definition) is 2. The third-order valence-corrected chi connectivity index (χ3v) is 3.27. The molecule has 0 saturated heterocycles. The highest BCUT2D eigenvalue weighted by Gasteiger charge is 2.21. The quantitative estimate of drug-likeness (QED) is 0.699. The van der Waals surface area contributed by atoms with Crippen LogP contribution in [0.2, 0.25) is 0 Å². The highest BCUT2D eigenvalue weighted by molar-refractivity contribution is 5.20. The van der Waals surface area contributed by atoms with E-state index in [0.29, 0.717) is 5.92 Å². The minimum atomic E-state index is 0.129. The van der Waals surface area contributed by atoms with E-state index < -0.39 is 0 Å². The SMILES string of the molecule is CC[C@@H](C)[C@H](N)/C=C1\CCC[C@H]1C#N. The van der Waals surface area contributed by atoms with Crippen LogP contribution >= 0.6 is 0 Å². The van der Waals surface area contributed by atoms with Crippen LogP contribution in [0.1, 0.15) is 39.5 Å². The molecule has 1 saturated carbocycles. The number of nitrogens with two attached hydrogens (primary N) is 1. The normalized spacial score (nSPS) is 28.7. The summed E-state index contributed by atoms with van der Waals surface area (Å²) in [6.07, 6.45) is 6.48. The Morgan fingerprint density at radius 3 is 3.00 bits per heavy atom. The van der Waals surface area contributed by atoms with E-state index in [9.17, 15) is 0 Å². The fourth-order valence-electron chi connectivity index (χ4n) is 1.90. The van der Waals surface area contributed by atoms with E-state index in [1.807, 2.05) is 0 Å². The Labute approximate surface area is 86.8 Å². The Hall–Kier alpha value is -0.810. The minimum absolute atomic E-state index is 0.129. The second-order valence-electron chi connectivity index (χ2n) is 4.28. The molecule has 1 fully saturated rings. The van der Waals surface area contributed by atoms with Gasteiger partial charge in [0.25, 0.3) is 0 Å². The van der Waals surface area contributed by atoms with Gasteiger partial charge in [0.05, 0.1) is 12.0 Å². The van der Waals surface area contributed by atoms with Crippen molar-refractivity contribution in [2.45, 2.75) is 45.6 Å². The lowest BCUT2D eigenvalue weighted by molar-refractivity contribution is 0.499. The molecule has 2 nitrogen and oxygen atoms in total. The number of allylic oxidation sites excluding steroid dienone is 1. The Morgan fingerprint density at radius 1 is 1.71 bits per heavy atom. The lowest BCUT2D eigenvalue weighted by Crippen LogP contribution is -2.26. The molecule has 14 heavy (non-hydrogen) atoms. The van der Waals surface area contributed by atoms with Gasteiger partial charge in [0.1, 0.15) is 0 Å². The van der Waals surface area contributed by atoms with Gasteiger partial charge in [-0.25, -0.2) is 0 Å². The predicted molar refractivity (Wildman–Crippen MR) is 58.5 cm³/mol. The third-order valence-electron chi connectivity index (χ3n) is 3.27. The molecule has 1 aliphatic rings. The number of nitrogens with zero attached hydrogens (tertiary/aromatic N) is 1. The summed E-state index contributed by atoms with van der Waals surface area (Å²) in [6, 6.07) is 2.48. The van der Waals surface area contributed by atoms with Crippen LogP contribution in [0.4, 0.5) is 0 Å². The van der Waals surface area contributed by atoms with Crippen LogP contribution in [0.25, 0.3) is 0 Å². The minimum Gasteiger partial charge on any atom is -0.324 e. The fourth-order valence-corrected chi connectivity index (χ4v) is 1.90. The lowest BCUT2D eigenvalue weighted by atomic mass is 9.95. The van der Waals surface area contributed by atoms with Gasteiger partial charge in [-0.3, -0.25) is 0 Å². The fraction of sp³-hybridized carbons (Fsp3) is 0.750. The first kappa shape index (κ1) is 11.3. The third kappa shape index (κ3) is 2.59. The van der Waals surface area contributed by atoms with E-state index in [1.54, 1.807) is 0 Å². The molecule has 1 aliphatic carbocycles. The van der Waals surface area contributed by atoms with Crippen molar-refractivity contribution in [2.24, 2.45) is 17.6 Å². The van der Waals surface area contributed by atoms with Gasteiger partial charge in [-0.1, -0.05) is 31.9 Å². The molecule has 0 heterocycles. The van der Waals surface area contributed by atoms with Crippen molar-refractivity contribution in [2.75, 3.05) is 0 Å². The van der Waals surface area contributed by atoms with E-state index >= 15 is 0 Å². The number of rotatable bonds is 3. The molecule has 0 aromatic carbocycles. The van der Waals surface area contributed by atoms with Crippen molar-refractivity contribution in [3.63, 3.8) is 0 Å². The van der Waals surface area contributed by atoms with E-state index in [2.05, 4.69) is 26.0 Å². The molecular weight excluding hydrogens is 172 g/mol. The van der Waals surface area contributed by atoms with Gasteiger partial charge in [0.2, 0.25) is 0 Å². The zero-order valence-corrected chi connectivity index (χ0v) is 9.16. The molecule has 0 aliphatic heterocycles. The van der Waals surface area contributed by atoms with E-state index in [0.717, 1.165) is 25.7 Å². The molecule has 0 unspecified atom stereocenters. The van der Waals surface area contributed by atoms with Gasteiger partial charge in [-0.05, 0) is 25.2 Å². The molecule has 0 aromatic rings. The predicted octanol–water partition coefficient (Wildman–Crippen LogP) is 2.61. The topological polar surface area (TPSA) is 49.8 Å². The Morgan fingerprint density at radius 2 is 2.43 bits per heavy atom. The first-order valence-electron chi connectivity index (χ1n) is 5.54. The molecule has 78 valence electrons. The van der Waals surface area contributed by atoms with Gasteiger partial charge in [-0.2, -0.15) is 5.26 Å². The summed E-state index contributed by atoms with van der Waals surface area (Å²) >= 11 is 0. The second-order valence-corrected chi connectivity index (χ2v) is 4.28. The zero-order chi connectivity index (χ0) is 10.6. The molecule has 0 bridgehead atoms. The van der Waals surface area contributed by atoms with Crippen LogP contribution in [-0.4, -0.2) is 6.04 Å². The van der Waals surface area contributed by atoms with E-state index in [-0.39, 0.29) is 12.0 Å². The molecule has 0 spiro atoms. The van der Waals surface area contributed by atoms with Gasteiger partial charge in [0.15, 0.2) is 0 Å². The Balaban J connectivity index is 2.63. The summed E-state index contributed by atoms with van der Waals surface area (Å²) in [5, 5.41) is 8.91. The first-order chi connectivity index (χ1) is 6.69. The molecule has 0 aromatic heterocycles. The highest BCUT2D eigenvalue weighted by atomic mass is 14.6. The van der Waals surface area contributed by atoms with Crippen molar-refractivity contribution in [3.05, 3.63) is 11.6 Å². The summed E-state index contributed by atoms with van der Waals surface area (Å²) in [6.45, 7) is 4.32. The molecule has 1 rings (SSSR count). The van der Waals surface area contributed by atoms with Crippen LogP contribution in [0, 0.1) is 23.2 Å². The lowest BCUT2D eigenvalue weighted by Gasteiger charge is -2.15. The molecular formula is C12H20N2. The summed E-state index contributed by atoms with van der Waals surface area (Å²) in [4.78, 5) is 0. The monoisotopic (exact) mass is 192 g/mol. The number of hydrogen-bond donors (Lipinski definition) is 1. The Bertz CT molecular complexity index is 250. The summed E-state index contributed by atoms with van der Waals surface area (Å²) in [5.74, 6) is 0.660. The van der Waals surface area contributed by atoms with Crippen LogP contribution in [0.15, 0.2) is 11.6 Å². The van der Waals surface area contributed by atoms with Gasteiger partial charge in [0, 0.05) is 6.04 Å². The van der Waals surface area contributed by atoms with Gasteiger partial charge in [-0.15, -0.1) is 0 Å². The van der Waals surface area contributed by atoms with Crippen molar-refractivity contribution >= 4 is 0 Å². The summed E-state index contributed by atoms with van der Waals surface area (Å²) in [7, 11) is 0. The molecule has 3 atom stereocenters. The molecule has 2 heteroatoms. The molecule has 0 radical (unpaired) electrons. The highest BCUT2D eigenvalue weighted by Crippen LogP contribution is 2.31. The summed E-state index contributed by atoms with van der Waals surface area (Å²) in [5.41, 5.74) is 7.32. The smallest absolute Gasteiger partial charge is 0.0700 e. The zero-order valence-electron chi connectivity index (χ0n) is 9.16. The van der Waals surface area contributed by atoms with Crippen LogP contribution < -0.4 is 5.73 Å². The van der Waals surface area contributed by atoms with E-state index in [1.165, 1.54) is 5.57 Å². The van der Waals surface area contributed by atoms with Crippen molar-refractivity contribution in [1.82, 2.24) is 0 Å². The largest absolute Gasteiger partial charge is 0.324 e. The van der Waals surface area contributed by atoms with Crippen LogP contribution in [0.3, 0.4) is 0 Å². The van der Waals surface area contributed by atoms with Crippen molar-refractivity contribution in [3.8, 4) is 6.07 Å². The maximum absolute atomic E-state index is 8.91. The van der Waals surface area contributed by atoms with Gasteiger partial charge < -0.3 is 5.73 Å². The average molecular weight is 192 g/mol. The van der Waals surface area contributed by atoms with E-state index in [4.69, 9.17) is 11.0 Å². The van der Waals surface area contributed by atoms with Crippen molar-refractivity contribution in [1.29, 1.82) is 5.26 Å². The molecule has 0 amide bonds. The Kier molecular flexibility index (Phi) is 4.16. The summed E-state index contributed by atoms with van der Waals surface area (Å²) < 4.78 is 0. The number of nitriles is 1. The maximum Gasteiger partial charge on any atom is 0.0700 e. The van der Waals surface area contributed by atoms with Crippen LogP contribution in [-0.2, 0) is 0 Å². The van der Waals surface area contributed by atoms with Crippen molar-refractivity contribution < 1.29 is 0 Å². The molecule has 2 N–H and O–H groups in total. The maximum atomic E-state index is 8.91. The first-order valence-corrected chi connectivity index (χ1v) is 5.54. The standard InChI is InChI=1S/C12H20N2/c1-3-9(2)12(14)7-10-5-4-6-11(10)8-13/h7,9,11-12H,3-6,14H2,1-2H3/b10-7+/t9-,11+,12-/m1/s1.